The number of halogens is 2. The molecule has 1 rings (SSSR count). The van der Waals surface area contributed by atoms with Gasteiger partial charge in [0.1, 0.15) is 23.7 Å². The van der Waals surface area contributed by atoms with E-state index < -0.39 is 41.2 Å². The Morgan fingerprint density at radius 1 is 1.58 bits per heavy atom. The Balaban J connectivity index is 2.90. The molecule has 19 heavy (non-hydrogen) atoms. The van der Waals surface area contributed by atoms with Crippen LogP contribution in [0, 0.1) is 10.1 Å². The second kappa shape index (κ2) is 6.00. The number of carbonyl (C=O) groups is 1. The van der Waals surface area contributed by atoms with E-state index in [2.05, 4.69) is 10.3 Å². The van der Waals surface area contributed by atoms with Gasteiger partial charge in [0, 0.05) is 12.6 Å². The highest BCUT2D eigenvalue weighted by Gasteiger charge is 2.22. The van der Waals surface area contributed by atoms with Crippen LogP contribution in [-0.4, -0.2) is 45.2 Å². The third-order valence-corrected chi connectivity index (χ3v) is 2.09. The Morgan fingerprint density at radius 3 is 2.68 bits per heavy atom. The average molecular weight is 277 g/mol. The zero-order chi connectivity index (χ0) is 14.6. The molecule has 1 aromatic rings. The van der Waals surface area contributed by atoms with Crippen LogP contribution in [0.1, 0.15) is 10.4 Å². The third kappa shape index (κ3) is 3.81. The number of nitrogens with zero attached hydrogens (tertiary/aromatic N) is 2. The van der Waals surface area contributed by atoms with Gasteiger partial charge >= 0.3 is 11.7 Å². The second-order valence-corrected chi connectivity index (χ2v) is 3.43. The Labute approximate surface area is 104 Å². The molecular formula is C9H9F2N3O5. The number of aromatic carboxylic acids is 1. The highest BCUT2D eigenvalue weighted by Crippen LogP contribution is 2.20. The predicted octanol–water partition coefficient (Wildman–Crippen LogP) is 0.726. The Kier molecular flexibility index (Phi) is 4.64. The fourth-order valence-electron chi connectivity index (χ4n) is 1.16. The number of aliphatic hydroxyl groups is 1. The van der Waals surface area contributed by atoms with Crippen molar-refractivity contribution in [3.8, 4) is 0 Å². The van der Waals surface area contributed by atoms with Crippen LogP contribution in [0.15, 0.2) is 12.3 Å². The van der Waals surface area contributed by atoms with E-state index in [1.807, 2.05) is 0 Å². The summed E-state index contributed by atoms with van der Waals surface area (Å²) >= 11 is 0. The SMILES string of the molecule is O=C(O)c1cc(NCC(O)C(F)F)ncc1[N+](=O)[O-]. The van der Waals surface area contributed by atoms with Crippen molar-refractivity contribution in [1.29, 1.82) is 0 Å². The number of aliphatic hydroxyl groups excluding tert-OH is 1. The summed E-state index contributed by atoms with van der Waals surface area (Å²) in [7, 11) is 0. The van der Waals surface area contributed by atoms with E-state index in [0.29, 0.717) is 6.20 Å². The van der Waals surface area contributed by atoms with E-state index in [4.69, 9.17) is 10.2 Å². The minimum absolute atomic E-state index is 0.164. The fourth-order valence-corrected chi connectivity index (χ4v) is 1.16. The molecule has 0 fully saturated rings. The Morgan fingerprint density at radius 2 is 2.21 bits per heavy atom. The van der Waals surface area contributed by atoms with Gasteiger partial charge in [-0.3, -0.25) is 10.1 Å². The summed E-state index contributed by atoms with van der Waals surface area (Å²) in [5.74, 6) is -1.71. The van der Waals surface area contributed by atoms with E-state index in [0.717, 1.165) is 6.07 Å². The van der Waals surface area contributed by atoms with Gasteiger partial charge in [-0.1, -0.05) is 0 Å². The third-order valence-electron chi connectivity index (χ3n) is 2.09. The molecule has 0 aromatic carbocycles. The van der Waals surface area contributed by atoms with E-state index in [1.54, 1.807) is 0 Å². The monoisotopic (exact) mass is 277 g/mol. The van der Waals surface area contributed by atoms with Gasteiger partial charge in [0.2, 0.25) is 0 Å². The summed E-state index contributed by atoms with van der Waals surface area (Å²) < 4.78 is 24.0. The van der Waals surface area contributed by atoms with Gasteiger partial charge in [-0.15, -0.1) is 0 Å². The van der Waals surface area contributed by atoms with Crippen molar-refractivity contribution in [3.05, 3.63) is 27.9 Å². The lowest BCUT2D eigenvalue weighted by molar-refractivity contribution is -0.385. The van der Waals surface area contributed by atoms with Crippen LogP contribution in [0.2, 0.25) is 0 Å². The maximum absolute atomic E-state index is 12.0. The first-order chi connectivity index (χ1) is 8.82. The highest BCUT2D eigenvalue weighted by atomic mass is 19.3. The minimum atomic E-state index is -2.97. The van der Waals surface area contributed by atoms with Crippen molar-refractivity contribution >= 4 is 17.5 Å². The smallest absolute Gasteiger partial charge is 0.342 e. The lowest BCUT2D eigenvalue weighted by atomic mass is 10.2. The molecule has 0 aliphatic carbocycles. The van der Waals surface area contributed by atoms with Crippen LogP contribution in [-0.2, 0) is 0 Å². The molecule has 104 valence electrons. The summed E-state index contributed by atoms with van der Waals surface area (Å²) in [6.45, 7) is -0.568. The zero-order valence-corrected chi connectivity index (χ0v) is 9.29. The molecule has 0 bridgehead atoms. The van der Waals surface area contributed by atoms with E-state index >= 15 is 0 Å². The van der Waals surface area contributed by atoms with Gasteiger partial charge in [-0.05, 0) is 0 Å². The van der Waals surface area contributed by atoms with Crippen molar-refractivity contribution in [2.24, 2.45) is 0 Å². The van der Waals surface area contributed by atoms with Gasteiger partial charge in [0.25, 0.3) is 6.43 Å². The largest absolute Gasteiger partial charge is 0.477 e. The van der Waals surface area contributed by atoms with Crippen molar-refractivity contribution in [2.75, 3.05) is 11.9 Å². The summed E-state index contributed by atoms with van der Waals surface area (Å²) in [5, 5.41) is 30.4. The number of alkyl halides is 2. The lowest BCUT2D eigenvalue weighted by Gasteiger charge is -2.11. The van der Waals surface area contributed by atoms with Crippen molar-refractivity contribution in [1.82, 2.24) is 4.98 Å². The standard InChI is InChI=1S/C9H9F2N3O5/c10-8(11)6(15)3-13-7-1-4(9(16)17)5(2-12-7)14(18)19/h1-2,6,8,15H,3H2,(H,12,13)(H,16,17). The molecule has 0 spiro atoms. The van der Waals surface area contributed by atoms with Gasteiger partial charge in [-0.2, -0.15) is 0 Å². The molecule has 8 nitrogen and oxygen atoms in total. The van der Waals surface area contributed by atoms with Crippen LogP contribution < -0.4 is 5.32 Å². The van der Waals surface area contributed by atoms with E-state index in [1.165, 1.54) is 0 Å². The minimum Gasteiger partial charge on any atom is -0.477 e. The van der Waals surface area contributed by atoms with E-state index in [9.17, 15) is 23.7 Å². The van der Waals surface area contributed by atoms with Crippen molar-refractivity contribution in [3.63, 3.8) is 0 Å². The summed E-state index contributed by atoms with van der Waals surface area (Å²) in [6, 6.07) is 0.832. The van der Waals surface area contributed by atoms with Crippen LogP contribution in [0.3, 0.4) is 0 Å². The number of aromatic nitrogens is 1. The number of anilines is 1. The quantitative estimate of drug-likeness (QED) is 0.516. The normalized spacial score (nSPS) is 12.2. The maximum Gasteiger partial charge on any atom is 0.342 e. The first-order valence-electron chi connectivity index (χ1n) is 4.90. The van der Waals surface area contributed by atoms with E-state index in [-0.39, 0.29) is 5.82 Å². The molecule has 0 saturated carbocycles. The van der Waals surface area contributed by atoms with Crippen molar-refractivity contribution in [2.45, 2.75) is 12.5 Å². The molecule has 0 aliphatic rings. The molecule has 1 aromatic heterocycles. The summed E-state index contributed by atoms with van der Waals surface area (Å²) in [5.41, 5.74) is -1.35. The van der Waals surface area contributed by atoms with Gasteiger partial charge in [0.15, 0.2) is 0 Å². The number of rotatable bonds is 6. The molecule has 1 unspecified atom stereocenters. The number of hydrogen-bond donors (Lipinski definition) is 3. The van der Waals surface area contributed by atoms with Gasteiger partial charge in [0.05, 0.1) is 4.92 Å². The first-order valence-corrected chi connectivity index (χ1v) is 4.90. The lowest BCUT2D eigenvalue weighted by Crippen LogP contribution is -2.27. The Hall–Kier alpha value is -2.36. The number of nitrogens with one attached hydrogen (secondary N) is 1. The first kappa shape index (κ1) is 14.7. The average Bonchev–Trinajstić information content (AvgIpc) is 2.35. The number of carboxylic acids is 1. The molecule has 0 saturated heterocycles. The topological polar surface area (TPSA) is 126 Å². The zero-order valence-electron chi connectivity index (χ0n) is 9.29. The molecule has 0 aliphatic heterocycles. The van der Waals surface area contributed by atoms with Gasteiger partial charge in [-0.25, -0.2) is 18.6 Å². The molecule has 0 amide bonds. The Bertz CT molecular complexity index is 497. The number of pyridine rings is 1. The number of carboxylic acid groups (broad SMARTS) is 1. The number of nitro groups is 1. The molecule has 0 radical (unpaired) electrons. The fraction of sp³-hybridized carbons (Fsp3) is 0.333. The molecule has 3 N–H and O–H groups in total. The van der Waals surface area contributed by atoms with Crippen LogP contribution in [0.4, 0.5) is 20.3 Å². The summed E-state index contributed by atoms with van der Waals surface area (Å²) in [6.07, 6.45) is -4.23. The van der Waals surface area contributed by atoms with Crippen LogP contribution in [0.5, 0.6) is 0 Å². The molecular weight excluding hydrogens is 268 g/mol. The van der Waals surface area contributed by atoms with Gasteiger partial charge < -0.3 is 15.5 Å². The maximum atomic E-state index is 12.0. The highest BCUT2D eigenvalue weighted by molar-refractivity contribution is 5.93. The molecule has 1 heterocycles. The van der Waals surface area contributed by atoms with Crippen LogP contribution >= 0.6 is 0 Å². The van der Waals surface area contributed by atoms with Crippen LogP contribution in [0.25, 0.3) is 0 Å². The summed E-state index contributed by atoms with van der Waals surface area (Å²) in [4.78, 5) is 23.9. The number of hydrogen-bond acceptors (Lipinski definition) is 6. The van der Waals surface area contributed by atoms with Crippen molar-refractivity contribution < 1.29 is 28.7 Å². The second-order valence-electron chi connectivity index (χ2n) is 3.43. The molecule has 1 atom stereocenters. The molecule has 10 heteroatoms. The predicted molar refractivity (Wildman–Crippen MR) is 58.4 cm³/mol.